The van der Waals surface area contributed by atoms with E-state index in [9.17, 15) is 31.1 Å². The predicted octanol–water partition coefficient (Wildman–Crippen LogP) is 2.03. The lowest BCUT2D eigenvalue weighted by Gasteiger charge is -2.38. The highest BCUT2D eigenvalue weighted by Gasteiger charge is 2.39. The Balaban J connectivity index is 1.96. The molecule has 0 radical (unpaired) electrons. The maximum absolute atomic E-state index is 14.3. The van der Waals surface area contributed by atoms with Crippen LogP contribution in [0.15, 0.2) is 23.4 Å². The van der Waals surface area contributed by atoms with Crippen LogP contribution in [0.3, 0.4) is 0 Å². The van der Waals surface area contributed by atoms with Crippen molar-refractivity contribution < 1.29 is 31.1 Å². The zero-order valence-corrected chi connectivity index (χ0v) is 17.3. The normalized spacial score (nSPS) is 20.0. The van der Waals surface area contributed by atoms with E-state index in [0.29, 0.717) is 19.0 Å². The van der Waals surface area contributed by atoms with Gasteiger partial charge >= 0.3 is 6.18 Å². The molecule has 2 aromatic heterocycles. The minimum absolute atomic E-state index is 0.0704. The number of pyridine rings is 1. The summed E-state index contributed by atoms with van der Waals surface area (Å²) in [5, 5.41) is 12.1. The molecular formula is C17H20F4N6O3S. The summed E-state index contributed by atoms with van der Waals surface area (Å²) < 4.78 is 80.1. The van der Waals surface area contributed by atoms with Crippen LogP contribution in [-0.2, 0) is 16.2 Å². The summed E-state index contributed by atoms with van der Waals surface area (Å²) in [6, 6.07) is 2.07. The zero-order chi connectivity index (χ0) is 23.0. The first-order chi connectivity index (χ1) is 14.3. The third kappa shape index (κ3) is 5.19. The second-order valence-electron chi connectivity index (χ2n) is 7.27. The number of nitrogens with zero attached hydrogens (tertiary/aromatic N) is 4. The number of hydrogen-bond donors (Lipinski definition) is 3. The van der Waals surface area contributed by atoms with Crippen LogP contribution in [0.2, 0.25) is 0 Å². The molecule has 3 heterocycles. The number of rotatable bonds is 5. The Kier molecular flexibility index (Phi) is 6.08. The van der Waals surface area contributed by atoms with Crippen molar-refractivity contribution in [3.8, 4) is 0 Å². The molecular weight excluding hydrogens is 444 g/mol. The van der Waals surface area contributed by atoms with Crippen LogP contribution in [0.25, 0.3) is 0 Å². The van der Waals surface area contributed by atoms with Crippen molar-refractivity contribution >= 4 is 27.5 Å². The lowest BCUT2D eigenvalue weighted by atomic mass is 9.95. The minimum Gasteiger partial charge on any atom is -0.388 e. The minimum atomic E-state index is -4.74. The van der Waals surface area contributed by atoms with Crippen LogP contribution in [0, 0.1) is 5.95 Å². The summed E-state index contributed by atoms with van der Waals surface area (Å²) in [5.41, 5.74) is -2.61. The molecule has 1 aliphatic rings. The van der Waals surface area contributed by atoms with Crippen molar-refractivity contribution in [2.45, 2.75) is 36.6 Å². The van der Waals surface area contributed by atoms with E-state index < -0.39 is 44.2 Å². The standard InChI is InChI=1S/C17H20F4N6O3S/c1-16(28)6-3-7-27(9-16)14-10(17(19,20)21)8-23-15(26-14)24-11-4-5-12(25-13(11)18)31(29,30)22-2/h4-5,8,22,28H,3,6-7,9H2,1-2H3,(H,23,24,26)/t16-/m0/s1. The van der Waals surface area contributed by atoms with Crippen molar-refractivity contribution in [3.05, 3.63) is 29.8 Å². The summed E-state index contributed by atoms with van der Waals surface area (Å²) >= 11 is 0. The molecule has 1 saturated heterocycles. The highest BCUT2D eigenvalue weighted by atomic mass is 32.2. The Bertz CT molecular complexity index is 1080. The number of sulfonamides is 1. The van der Waals surface area contributed by atoms with Gasteiger partial charge < -0.3 is 15.3 Å². The molecule has 3 rings (SSSR count). The fraction of sp³-hybridized carbons (Fsp3) is 0.471. The van der Waals surface area contributed by atoms with Gasteiger partial charge in [0.15, 0.2) is 5.03 Å². The predicted molar refractivity (Wildman–Crippen MR) is 103 cm³/mol. The summed E-state index contributed by atoms with van der Waals surface area (Å²) in [7, 11) is -2.84. The van der Waals surface area contributed by atoms with E-state index in [-0.39, 0.29) is 24.7 Å². The molecule has 14 heteroatoms. The Labute approximate surface area is 175 Å². The number of halogens is 4. The highest BCUT2D eigenvalue weighted by molar-refractivity contribution is 7.89. The number of nitrogens with one attached hydrogen (secondary N) is 2. The van der Waals surface area contributed by atoms with Gasteiger partial charge in [-0.1, -0.05) is 0 Å². The second-order valence-corrected chi connectivity index (χ2v) is 9.10. The average Bonchev–Trinajstić information content (AvgIpc) is 2.67. The third-order valence-corrected chi connectivity index (χ3v) is 5.98. The maximum atomic E-state index is 14.3. The first-order valence-corrected chi connectivity index (χ1v) is 10.6. The van der Waals surface area contributed by atoms with E-state index in [1.165, 1.54) is 11.8 Å². The van der Waals surface area contributed by atoms with E-state index in [1.54, 1.807) is 0 Å². The molecule has 0 aromatic carbocycles. The Morgan fingerprint density at radius 2 is 1.97 bits per heavy atom. The van der Waals surface area contributed by atoms with Crippen molar-refractivity contribution in [1.82, 2.24) is 19.7 Å². The van der Waals surface area contributed by atoms with E-state index >= 15 is 0 Å². The molecule has 1 atom stereocenters. The van der Waals surface area contributed by atoms with Crippen molar-refractivity contribution in [2.24, 2.45) is 0 Å². The van der Waals surface area contributed by atoms with Crippen LogP contribution < -0.4 is 14.9 Å². The van der Waals surface area contributed by atoms with E-state index in [0.717, 1.165) is 19.2 Å². The van der Waals surface area contributed by atoms with Crippen LogP contribution in [0.1, 0.15) is 25.3 Å². The molecule has 0 saturated carbocycles. The van der Waals surface area contributed by atoms with Gasteiger partial charge in [-0.15, -0.1) is 0 Å². The van der Waals surface area contributed by atoms with Crippen LogP contribution >= 0.6 is 0 Å². The third-order valence-electron chi connectivity index (χ3n) is 4.66. The van der Waals surface area contributed by atoms with Gasteiger partial charge in [-0.05, 0) is 38.9 Å². The lowest BCUT2D eigenvalue weighted by molar-refractivity contribution is -0.137. The topological polar surface area (TPSA) is 120 Å². The molecule has 0 unspecified atom stereocenters. The van der Waals surface area contributed by atoms with Crippen molar-refractivity contribution in [1.29, 1.82) is 0 Å². The number of piperidine rings is 1. The lowest BCUT2D eigenvalue weighted by Crippen LogP contribution is -2.47. The van der Waals surface area contributed by atoms with Gasteiger partial charge in [0.2, 0.25) is 11.9 Å². The number of aromatic nitrogens is 3. The Morgan fingerprint density at radius 1 is 1.26 bits per heavy atom. The molecule has 1 fully saturated rings. The number of anilines is 3. The average molecular weight is 464 g/mol. The van der Waals surface area contributed by atoms with Gasteiger partial charge in [0, 0.05) is 19.3 Å². The zero-order valence-electron chi connectivity index (χ0n) is 16.5. The molecule has 1 aliphatic heterocycles. The molecule has 170 valence electrons. The smallest absolute Gasteiger partial charge is 0.388 e. The number of β-amino-alcohol motifs (C(OH)–C–C–N with tert-alkyl or cyclic N) is 1. The van der Waals surface area contributed by atoms with Crippen molar-refractivity contribution in [3.63, 3.8) is 0 Å². The number of alkyl halides is 3. The van der Waals surface area contributed by atoms with E-state index in [1.807, 2.05) is 4.72 Å². The second kappa shape index (κ2) is 8.16. The largest absolute Gasteiger partial charge is 0.421 e. The van der Waals surface area contributed by atoms with Crippen molar-refractivity contribution in [2.75, 3.05) is 30.4 Å². The van der Waals surface area contributed by atoms with Gasteiger partial charge in [0.05, 0.1) is 11.3 Å². The summed E-state index contributed by atoms with van der Waals surface area (Å²) in [6.07, 6.45) is -3.29. The van der Waals surface area contributed by atoms with Gasteiger partial charge in [-0.3, -0.25) is 0 Å². The van der Waals surface area contributed by atoms with Gasteiger partial charge in [0.25, 0.3) is 10.0 Å². The van der Waals surface area contributed by atoms with E-state index in [4.69, 9.17) is 0 Å². The summed E-state index contributed by atoms with van der Waals surface area (Å²) in [4.78, 5) is 12.1. The fourth-order valence-corrected chi connectivity index (χ4v) is 3.82. The Morgan fingerprint density at radius 3 is 2.55 bits per heavy atom. The first-order valence-electron chi connectivity index (χ1n) is 9.11. The van der Waals surface area contributed by atoms with E-state index in [2.05, 4.69) is 20.3 Å². The van der Waals surface area contributed by atoms with Gasteiger partial charge in [-0.2, -0.15) is 22.5 Å². The monoisotopic (exact) mass is 464 g/mol. The number of hydrogen-bond acceptors (Lipinski definition) is 8. The molecule has 3 N–H and O–H groups in total. The fourth-order valence-electron chi connectivity index (χ4n) is 3.16. The van der Waals surface area contributed by atoms with Crippen LogP contribution in [-0.4, -0.2) is 54.2 Å². The van der Waals surface area contributed by atoms with Crippen LogP contribution in [0.5, 0.6) is 0 Å². The molecule has 0 bridgehead atoms. The molecule has 2 aromatic rings. The molecule has 0 spiro atoms. The van der Waals surface area contributed by atoms with Gasteiger partial charge in [0.1, 0.15) is 11.4 Å². The Hall–Kier alpha value is -2.58. The summed E-state index contributed by atoms with van der Waals surface area (Å²) in [5.74, 6) is -2.01. The molecule has 0 aliphatic carbocycles. The maximum Gasteiger partial charge on any atom is 0.421 e. The first kappa shape index (κ1) is 23.1. The quantitative estimate of drug-likeness (QED) is 0.454. The summed E-state index contributed by atoms with van der Waals surface area (Å²) in [6.45, 7) is 1.69. The van der Waals surface area contributed by atoms with Gasteiger partial charge in [-0.25, -0.2) is 23.1 Å². The molecule has 31 heavy (non-hydrogen) atoms. The molecule has 0 amide bonds. The highest BCUT2D eigenvalue weighted by Crippen LogP contribution is 2.37. The van der Waals surface area contributed by atoms with Crippen LogP contribution in [0.4, 0.5) is 35.0 Å². The number of aliphatic hydroxyl groups is 1. The molecule has 9 nitrogen and oxygen atoms in total. The SMILES string of the molecule is CNS(=O)(=O)c1ccc(Nc2ncc(C(F)(F)F)c(N3CCC[C@](C)(O)C3)n2)c(F)n1.